The first-order chi connectivity index (χ1) is 14.9. The van der Waals surface area contributed by atoms with E-state index in [4.69, 9.17) is 4.74 Å². The third-order valence-corrected chi connectivity index (χ3v) is 6.28. The standard InChI is InChI=1S/C23H21FN4O2S/c1-14-15(10-25)7-9-26-22(14)30-16-6-8-23(2,28-11-16)21(29)18-5-3-4-17(20(18)24)19-12-31-13-27-19/h3-5,7,9,12-13,16,28H,6,8,11H2,1-2H3/t16-,23-/m1/s1. The number of hydrogen-bond donors (Lipinski definition) is 1. The number of thiazole rings is 1. The number of ketones is 1. The van der Waals surface area contributed by atoms with Crippen LogP contribution in [-0.4, -0.2) is 33.9 Å². The number of carbonyl (C=O) groups excluding carboxylic acids is 1. The highest BCUT2D eigenvalue weighted by Crippen LogP contribution is 2.31. The van der Waals surface area contributed by atoms with Crippen molar-refractivity contribution in [3.05, 3.63) is 63.9 Å². The summed E-state index contributed by atoms with van der Waals surface area (Å²) in [6, 6.07) is 8.59. The van der Waals surface area contributed by atoms with Crippen molar-refractivity contribution in [3.63, 3.8) is 0 Å². The van der Waals surface area contributed by atoms with Crippen LogP contribution in [0.3, 0.4) is 0 Å². The molecular formula is C23H21FN4O2S. The Morgan fingerprint density at radius 3 is 2.90 bits per heavy atom. The van der Waals surface area contributed by atoms with E-state index in [1.165, 1.54) is 17.4 Å². The van der Waals surface area contributed by atoms with Crippen molar-refractivity contribution in [3.8, 4) is 23.2 Å². The second kappa shape index (κ2) is 8.53. The van der Waals surface area contributed by atoms with Crippen molar-refractivity contribution in [2.24, 2.45) is 0 Å². The molecule has 1 aromatic carbocycles. The quantitative estimate of drug-likeness (QED) is 0.600. The number of nitrogens with one attached hydrogen (secondary N) is 1. The fraction of sp³-hybridized carbons (Fsp3) is 0.304. The molecule has 3 heterocycles. The maximum absolute atomic E-state index is 15.1. The number of carbonyl (C=O) groups is 1. The average molecular weight is 437 g/mol. The van der Waals surface area contributed by atoms with Crippen molar-refractivity contribution >= 4 is 17.1 Å². The Labute approximate surface area is 183 Å². The summed E-state index contributed by atoms with van der Waals surface area (Å²) in [7, 11) is 0. The van der Waals surface area contributed by atoms with Gasteiger partial charge in [0.2, 0.25) is 5.88 Å². The first-order valence-corrected chi connectivity index (χ1v) is 10.9. The highest BCUT2D eigenvalue weighted by molar-refractivity contribution is 7.07. The number of hydrogen-bond acceptors (Lipinski definition) is 7. The number of ether oxygens (including phenoxy) is 1. The predicted octanol–water partition coefficient (Wildman–Crippen LogP) is 4.30. The second-order valence-corrected chi connectivity index (χ2v) is 8.48. The van der Waals surface area contributed by atoms with Gasteiger partial charge in [-0.1, -0.05) is 6.07 Å². The number of nitriles is 1. The first kappa shape index (κ1) is 21.1. The summed E-state index contributed by atoms with van der Waals surface area (Å²) < 4.78 is 21.1. The minimum atomic E-state index is -0.904. The number of rotatable bonds is 5. The summed E-state index contributed by atoms with van der Waals surface area (Å²) in [5.74, 6) is -0.419. The Kier molecular flexibility index (Phi) is 5.81. The number of halogens is 1. The van der Waals surface area contributed by atoms with Crippen LogP contribution in [-0.2, 0) is 0 Å². The van der Waals surface area contributed by atoms with Crippen molar-refractivity contribution < 1.29 is 13.9 Å². The fourth-order valence-electron chi connectivity index (χ4n) is 3.74. The van der Waals surface area contributed by atoms with Crippen LogP contribution in [0.5, 0.6) is 5.88 Å². The van der Waals surface area contributed by atoms with Crippen LogP contribution in [0.1, 0.15) is 41.3 Å². The van der Waals surface area contributed by atoms with Gasteiger partial charge in [0, 0.05) is 29.2 Å². The SMILES string of the molecule is Cc1c(C#N)ccnc1O[C@@H]1CC[C@](C)(C(=O)c2cccc(-c3cscn3)c2F)NC1. The molecule has 0 aliphatic carbocycles. The van der Waals surface area contributed by atoms with E-state index in [0.717, 1.165) is 0 Å². The topological polar surface area (TPSA) is 87.9 Å². The molecule has 0 bridgehead atoms. The minimum absolute atomic E-state index is 0.0547. The van der Waals surface area contributed by atoms with E-state index in [0.29, 0.717) is 47.7 Å². The van der Waals surface area contributed by atoms with E-state index >= 15 is 4.39 Å². The molecule has 0 amide bonds. The Hall–Kier alpha value is -3.15. The van der Waals surface area contributed by atoms with Crippen molar-refractivity contribution in [1.29, 1.82) is 5.26 Å². The Morgan fingerprint density at radius 2 is 2.23 bits per heavy atom. The molecule has 0 unspecified atom stereocenters. The summed E-state index contributed by atoms with van der Waals surface area (Å²) >= 11 is 1.38. The van der Waals surface area contributed by atoms with Gasteiger partial charge in [-0.25, -0.2) is 14.4 Å². The lowest BCUT2D eigenvalue weighted by molar-refractivity contribution is 0.0718. The van der Waals surface area contributed by atoms with Gasteiger partial charge in [-0.2, -0.15) is 5.26 Å². The first-order valence-electron chi connectivity index (χ1n) is 9.92. The molecule has 1 saturated heterocycles. The van der Waals surface area contributed by atoms with E-state index in [1.54, 1.807) is 49.1 Å². The molecule has 1 N–H and O–H groups in total. The van der Waals surface area contributed by atoms with Crippen LogP contribution in [0.2, 0.25) is 0 Å². The molecular weight excluding hydrogens is 415 g/mol. The van der Waals surface area contributed by atoms with Crippen LogP contribution >= 0.6 is 11.3 Å². The number of pyridine rings is 1. The second-order valence-electron chi connectivity index (χ2n) is 7.76. The lowest BCUT2D eigenvalue weighted by atomic mass is 9.82. The molecule has 31 heavy (non-hydrogen) atoms. The summed E-state index contributed by atoms with van der Waals surface area (Å²) in [5.41, 5.74) is 2.84. The maximum Gasteiger partial charge on any atom is 0.217 e. The number of benzene rings is 1. The third-order valence-electron chi connectivity index (χ3n) is 5.70. The van der Waals surface area contributed by atoms with Gasteiger partial charge in [-0.3, -0.25) is 4.79 Å². The van der Waals surface area contributed by atoms with E-state index in [9.17, 15) is 10.1 Å². The van der Waals surface area contributed by atoms with Crippen molar-refractivity contribution in [2.45, 2.75) is 38.3 Å². The van der Waals surface area contributed by atoms with Crippen LogP contribution < -0.4 is 10.1 Å². The molecule has 0 spiro atoms. The van der Waals surface area contributed by atoms with Gasteiger partial charge in [-0.15, -0.1) is 11.3 Å². The molecule has 6 nitrogen and oxygen atoms in total. The van der Waals surface area contributed by atoms with Gasteiger partial charge in [0.15, 0.2) is 5.78 Å². The van der Waals surface area contributed by atoms with Crippen LogP contribution in [0.4, 0.5) is 4.39 Å². The zero-order valence-corrected chi connectivity index (χ0v) is 18.0. The largest absolute Gasteiger partial charge is 0.473 e. The van der Waals surface area contributed by atoms with Crippen LogP contribution in [0.25, 0.3) is 11.3 Å². The molecule has 0 saturated carbocycles. The summed E-state index contributed by atoms with van der Waals surface area (Å²) in [5, 5.41) is 14.2. The highest BCUT2D eigenvalue weighted by Gasteiger charge is 2.39. The normalized spacial score (nSPS) is 20.8. The monoisotopic (exact) mass is 436 g/mol. The van der Waals surface area contributed by atoms with E-state index < -0.39 is 11.4 Å². The summed E-state index contributed by atoms with van der Waals surface area (Å²) in [6.45, 7) is 4.00. The molecule has 1 aliphatic rings. The predicted molar refractivity (Wildman–Crippen MR) is 116 cm³/mol. The lowest BCUT2D eigenvalue weighted by Gasteiger charge is -2.37. The number of Topliss-reactive ketones (excluding diaryl/α,β-unsaturated/α-hetero) is 1. The van der Waals surface area contributed by atoms with Crippen molar-refractivity contribution in [2.75, 3.05) is 6.54 Å². The average Bonchev–Trinajstić information content (AvgIpc) is 3.31. The molecule has 158 valence electrons. The smallest absolute Gasteiger partial charge is 0.217 e. The summed E-state index contributed by atoms with van der Waals surface area (Å²) in [4.78, 5) is 21.6. The summed E-state index contributed by atoms with van der Waals surface area (Å²) in [6.07, 6.45) is 2.42. The molecule has 2 aromatic heterocycles. The third kappa shape index (κ3) is 4.07. The highest BCUT2D eigenvalue weighted by atomic mass is 32.1. The van der Waals surface area contributed by atoms with Crippen molar-refractivity contribution in [1.82, 2.24) is 15.3 Å². The van der Waals surface area contributed by atoms with Gasteiger partial charge in [0.05, 0.1) is 33.9 Å². The zero-order valence-electron chi connectivity index (χ0n) is 17.2. The van der Waals surface area contributed by atoms with E-state index in [1.807, 2.05) is 0 Å². The molecule has 0 radical (unpaired) electrons. The van der Waals surface area contributed by atoms with Gasteiger partial charge in [0.25, 0.3) is 0 Å². The Bertz CT molecular complexity index is 1150. The van der Waals surface area contributed by atoms with E-state index in [-0.39, 0.29) is 17.5 Å². The van der Waals surface area contributed by atoms with Gasteiger partial charge >= 0.3 is 0 Å². The maximum atomic E-state index is 15.1. The molecule has 1 aliphatic heterocycles. The molecule has 3 aromatic rings. The number of nitrogens with zero attached hydrogens (tertiary/aromatic N) is 3. The van der Waals surface area contributed by atoms with Gasteiger partial charge in [-0.05, 0) is 44.9 Å². The molecule has 2 atom stereocenters. The fourth-order valence-corrected chi connectivity index (χ4v) is 4.29. The molecule has 4 rings (SSSR count). The number of aromatic nitrogens is 2. The van der Waals surface area contributed by atoms with Crippen LogP contribution in [0.15, 0.2) is 41.4 Å². The van der Waals surface area contributed by atoms with Gasteiger partial charge in [0.1, 0.15) is 11.9 Å². The van der Waals surface area contributed by atoms with E-state index in [2.05, 4.69) is 21.4 Å². The molecule has 1 fully saturated rings. The Morgan fingerprint density at radius 1 is 1.39 bits per heavy atom. The minimum Gasteiger partial charge on any atom is -0.473 e. The zero-order chi connectivity index (χ0) is 22.0. The Balaban J connectivity index is 1.48. The van der Waals surface area contributed by atoms with Gasteiger partial charge < -0.3 is 10.1 Å². The number of piperidine rings is 1. The molecule has 8 heteroatoms. The lowest BCUT2D eigenvalue weighted by Crippen LogP contribution is -2.57. The van der Waals surface area contributed by atoms with Crippen LogP contribution in [0, 0.1) is 24.1 Å².